The van der Waals surface area contributed by atoms with Crippen LogP contribution < -0.4 is 21.5 Å². The third-order valence-electron chi connectivity index (χ3n) is 3.92. The fourth-order valence-corrected chi connectivity index (χ4v) is 2.87. The number of ether oxygens (including phenoxy) is 2. The summed E-state index contributed by atoms with van der Waals surface area (Å²) in [6.45, 7) is 2.94. The topological polar surface area (TPSA) is 108 Å². The maximum Gasteiger partial charge on any atom is 0.179 e. The Morgan fingerprint density at radius 1 is 1.23 bits per heavy atom. The largest absolute Gasteiger partial charge is 0.493 e. The van der Waals surface area contributed by atoms with Crippen LogP contribution in [0.15, 0.2) is 46.9 Å². The zero-order valence-corrected chi connectivity index (χ0v) is 15.3. The molecule has 0 aliphatic carbocycles. The standard InChI is InChI=1S/C18H22ClN5O2/c1-2-13-16(17(20)24-18(21)23-13)26-9-3-8-25-15-6-7-22-14-5-4-11(19)10-12(14)15/h4-7,10,18,23H,2-3,8-9,21H2,1H3,(H2,20,24). The van der Waals surface area contributed by atoms with Gasteiger partial charge in [0.05, 0.1) is 24.4 Å². The van der Waals surface area contributed by atoms with E-state index in [1.54, 1.807) is 6.20 Å². The molecule has 2 heterocycles. The number of pyridine rings is 1. The number of amidine groups is 1. The minimum absolute atomic E-state index is 0.323. The fraction of sp³-hybridized carbons (Fsp3) is 0.333. The van der Waals surface area contributed by atoms with Crippen molar-refractivity contribution in [1.29, 1.82) is 0 Å². The van der Waals surface area contributed by atoms with E-state index in [-0.39, 0.29) is 0 Å². The van der Waals surface area contributed by atoms with E-state index >= 15 is 0 Å². The van der Waals surface area contributed by atoms with Gasteiger partial charge in [-0.05, 0) is 30.7 Å². The second kappa shape index (κ2) is 8.25. The summed E-state index contributed by atoms with van der Waals surface area (Å²) in [6.07, 6.45) is 2.62. The number of fused-ring (bicyclic) bond motifs is 1. The van der Waals surface area contributed by atoms with Crippen LogP contribution in [-0.2, 0) is 4.74 Å². The summed E-state index contributed by atoms with van der Waals surface area (Å²) in [5.41, 5.74) is 13.4. The number of hydrogen-bond donors (Lipinski definition) is 3. The normalized spacial score (nSPS) is 17.0. The molecule has 1 atom stereocenters. The molecular weight excluding hydrogens is 354 g/mol. The number of nitrogens with zero attached hydrogens (tertiary/aromatic N) is 2. The predicted octanol–water partition coefficient (Wildman–Crippen LogP) is 2.50. The van der Waals surface area contributed by atoms with Gasteiger partial charge in [-0.2, -0.15) is 0 Å². The minimum Gasteiger partial charge on any atom is -0.493 e. The number of allylic oxidation sites excluding steroid dienone is 1. The molecule has 0 radical (unpaired) electrons. The van der Waals surface area contributed by atoms with Crippen molar-refractivity contribution in [2.45, 2.75) is 26.1 Å². The van der Waals surface area contributed by atoms with Crippen molar-refractivity contribution in [2.24, 2.45) is 16.5 Å². The summed E-state index contributed by atoms with van der Waals surface area (Å²) in [5.74, 6) is 1.64. The summed E-state index contributed by atoms with van der Waals surface area (Å²) < 4.78 is 11.7. The highest BCUT2D eigenvalue weighted by atomic mass is 35.5. The van der Waals surface area contributed by atoms with Crippen molar-refractivity contribution in [3.8, 4) is 5.75 Å². The predicted molar refractivity (Wildman–Crippen MR) is 103 cm³/mol. The first-order valence-corrected chi connectivity index (χ1v) is 8.85. The molecule has 0 saturated heterocycles. The second-order valence-electron chi connectivity index (χ2n) is 5.79. The molecule has 5 N–H and O–H groups in total. The van der Waals surface area contributed by atoms with Gasteiger partial charge in [0.25, 0.3) is 0 Å². The molecule has 1 aliphatic rings. The Kier molecular flexibility index (Phi) is 5.80. The van der Waals surface area contributed by atoms with Gasteiger partial charge >= 0.3 is 0 Å². The van der Waals surface area contributed by atoms with Crippen molar-refractivity contribution in [3.05, 3.63) is 46.9 Å². The van der Waals surface area contributed by atoms with Crippen molar-refractivity contribution < 1.29 is 9.47 Å². The van der Waals surface area contributed by atoms with Crippen molar-refractivity contribution in [1.82, 2.24) is 10.3 Å². The van der Waals surface area contributed by atoms with E-state index in [1.165, 1.54) is 0 Å². The van der Waals surface area contributed by atoms with E-state index in [0.29, 0.717) is 36.3 Å². The van der Waals surface area contributed by atoms with E-state index in [4.69, 9.17) is 32.5 Å². The lowest BCUT2D eigenvalue weighted by Gasteiger charge is -2.23. The first-order valence-electron chi connectivity index (χ1n) is 8.47. The van der Waals surface area contributed by atoms with Gasteiger partial charge in [0, 0.05) is 23.0 Å². The zero-order valence-electron chi connectivity index (χ0n) is 14.5. The van der Waals surface area contributed by atoms with Crippen LogP contribution >= 0.6 is 11.6 Å². The monoisotopic (exact) mass is 375 g/mol. The lowest BCUT2D eigenvalue weighted by molar-refractivity contribution is 0.190. The van der Waals surface area contributed by atoms with E-state index in [1.807, 2.05) is 31.2 Å². The summed E-state index contributed by atoms with van der Waals surface area (Å²) >= 11 is 6.07. The number of halogens is 1. The number of nitrogens with one attached hydrogen (secondary N) is 1. The number of aromatic nitrogens is 1. The third-order valence-corrected chi connectivity index (χ3v) is 4.15. The van der Waals surface area contributed by atoms with Crippen molar-refractivity contribution in [3.63, 3.8) is 0 Å². The number of aliphatic imine (C=N–C) groups is 1. The van der Waals surface area contributed by atoms with Crippen molar-refractivity contribution >= 4 is 28.3 Å². The quantitative estimate of drug-likeness (QED) is 0.642. The Bertz CT molecular complexity index is 853. The molecule has 1 aromatic heterocycles. The van der Waals surface area contributed by atoms with E-state index in [9.17, 15) is 0 Å². The fourth-order valence-electron chi connectivity index (χ4n) is 2.70. The molecule has 1 aliphatic heterocycles. The highest BCUT2D eigenvalue weighted by molar-refractivity contribution is 6.31. The molecule has 8 heteroatoms. The Labute approximate surface area is 157 Å². The minimum atomic E-state index is -0.521. The van der Waals surface area contributed by atoms with E-state index in [0.717, 1.165) is 28.8 Å². The molecule has 2 aromatic rings. The SMILES string of the molecule is CCC1=C(OCCCOc2ccnc3ccc(Cl)cc23)C(N)=NC(N)N1. The van der Waals surface area contributed by atoms with Gasteiger partial charge in [-0.25, -0.2) is 4.99 Å². The molecular formula is C18H22ClN5O2. The Hall–Kier alpha value is -2.51. The Balaban J connectivity index is 1.55. The summed E-state index contributed by atoms with van der Waals surface area (Å²) in [7, 11) is 0. The number of benzene rings is 1. The van der Waals surface area contributed by atoms with Crippen LogP contribution in [0.2, 0.25) is 5.02 Å². The Morgan fingerprint density at radius 3 is 2.85 bits per heavy atom. The van der Waals surface area contributed by atoms with Gasteiger partial charge in [0.2, 0.25) is 0 Å². The molecule has 1 aromatic carbocycles. The van der Waals surface area contributed by atoms with Gasteiger partial charge in [0.15, 0.2) is 17.9 Å². The van der Waals surface area contributed by atoms with Gasteiger partial charge in [-0.15, -0.1) is 0 Å². The molecule has 7 nitrogen and oxygen atoms in total. The van der Waals surface area contributed by atoms with E-state index < -0.39 is 6.29 Å². The molecule has 0 saturated carbocycles. The van der Waals surface area contributed by atoms with Crippen LogP contribution in [0.1, 0.15) is 19.8 Å². The molecule has 0 amide bonds. The summed E-state index contributed by atoms with van der Waals surface area (Å²) in [5, 5.41) is 4.59. The molecule has 0 fully saturated rings. The summed E-state index contributed by atoms with van der Waals surface area (Å²) in [4.78, 5) is 8.39. The average molecular weight is 376 g/mol. The third kappa shape index (κ3) is 4.17. The maximum absolute atomic E-state index is 6.07. The van der Waals surface area contributed by atoms with Crippen molar-refractivity contribution in [2.75, 3.05) is 13.2 Å². The van der Waals surface area contributed by atoms with Crippen LogP contribution in [0.4, 0.5) is 0 Å². The number of nitrogens with two attached hydrogens (primary N) is 2. The Morgan fingerprint density at radius 2 is 2.04 bits per heavy atom. The van der Waals surface area contributed by atoms with Gasteiger partial charge in [0.1, 0.15) is 5.75 Å². The average Bonchev–Trinajstić information content (AvgIpc) is 2.62. The molecule has 1 unspecified atom stereocenters. The molecule has 26 heavy (non-hydrogen) atoms. The van der Waals surface area contributed by atoms with Crippen LogP contribution in [-0.4, -0.2) is 30.3 Å². The van der Waals surface area contributed by atoms with Crippen LogP contribution in [0.3, 0.4) is 0 Å². The first-order chi connectivity index (χ1) is 12.6. The lowest BCUT2D eigenvalue weighted by atomic mass is 10.2. The lowest BCUT2D eigenvalue weighted by Crippen LogP contribution is -2.42. The van der Waals surface area contributed by atoms with Gasteiger partial charge in [-0.3, -0.25) is 10.7 Å². The highest BCUT2D eigenvalue weighted by Gasteiger charge is 2.19. The smallest absolute Gasteiger partial charge is 0.179 e. The van der Waals surface area contributed by atoms with Crippen LogP contribution in [0.5, 0.6) is 5.75 Å². The molecule has 0 spiro atoms. The second-order valence-corrected chi connectivity index (χ2v) is 6.22. The number of rotatable bonds is 7. The highest BCUT2D eigenvalue weighted by Crippen LogP contribution is 2.26. The first kappa shape index (κ1) is 18.3. The zero-order chi connectivity index (χ0) is 18.5. The molecule has 0 bridgehead atoms. The van der Waals surface area contributed by atoms with Gasteiger partial charge < -0.3 is 20.5 Å². The van der Waals surface area contributed by atoms with E-state index in [2.05, 4.69) is 15.3 Å². The molecule has 138 valence electrons. The summed E-state index contributed by atoms with van der Waals surface area (Å²) in [6, 6.07) is 7.36. The van der Waals surface area contributed by atoms with Crippen LogP contribution in [0, 0.1) is 0 Å². The van der Waals surface area contributed by atoms with Gasteiger partial charge in [-0.1, -0.05) is 18.5 Å². The number of hydrogen-bond acceptors (Lipinski definition) is 7. The molecule has 3 rings (SSSR count). The van der Waals surface area contributed by atoms with Crippen LogP contribution in [0.25, 0.3) is 10.9 Å². The maximum atomic E-state index is 6.07.